The topological polar surface area (TPSA) is 78.1 Å². The van der Waals surface area contributed by atoms with Gasteiger partial charge in [0.15, 0.2) is 17.5 Å². The van der Waals surface area contributed by atoms with E-state index in [4.69, 9.17) is 19.9 Å². The molecule has 138 valence electrons. The summed E-state index contributed by atoms with van der Waals surface area (Å²) in [4.78, 5) is 4.45. The fourth-order valence-corrected chi connectivity index (χ4v) is 3.01. The van der Waals surface area contributed by atoms with Gasteiger partial charge in [0.05, 0.1) is 19.3 Å². The summed E-state index contributed by atoms with van der Waals surface area (Å²) in [5.74, 6) is 2.22. The van der Waals surface area contributed by atoms with Crippen LogP contribution in [0.4, 0.5) is 5.69 Å². The van der Waals surface area contributed by atoms with Crippen molar-refractivity contribution < 1.29 is 14.2 Å². The van der Waals surface area contributed by atoms with Crippen LogP contribution in [0.1, 0.15) is 19.8 Å². The van der Waals surface area contributed by atoms with Gasteiger partial charge in [-0.2, -0.15) is 0 Å². The predicted octanol–water partition coefficient (Wildman–Crippen LogP) is 3.17. The van der Waals surface area contributed by atoms with Gasteiger partial charge in [0.2, 0.25) is 0 Å². The molecule has 2 atom stereocenters. The Morgan fingerprint density at radius 2 is 2.04 bits per heavy atom. The monoisotopic (exact) mass is 459 g/mol. The van der Waals surface area contributed by atoms with Crippen molar-refractivity contribution in [3.05, 3.63) is 30.4 Å². The fourth-order valence-electron chi connectivity index (χ4n) is 3.01. The molecule has 3 rings (SSSR count). The molecule has 1 aromatic rings. The van der Waals surface area contributed by atoms with Crippen molar-refractivity contribution in [2.75, 3.05) is 31.7 Å². The van der Waals surface area contributed by atoms with Crippen LogP contribution in [-0.4, -0.2) is 38.4 Å². The summed E-state index contributed by atoms with van der Waals surface area (Å²) in [6.07, 6.45) is 1.95. The summed E-state index contributed by atoms with van der Waals surface area (Å²) in [5, 5.41) is 3.11. The maximum absolute atomic E-state index is 6.02. The number of ether oxygens (including phenoxy) is 3. The minimum atomic E-state index is 0. The zero-order valence-electron chi connectivity index (χ0n) is 14.5. The zero-order chi connectivity index (χ0) is 16.9. The van der Waals surface area contributed by atoms with Crippen LogP contribution in [0.25, 0.3) is 0 Å². The number of guanidine groups is 1. The first kappa shape index (κ1) is 19.8. The van der Waals surface area contributed by atoms with Crippen molar-refractivity contribution in [2.45, 2.75) is 25.9 Å². The van der Waals surface area contributed by atoms with Gasteiger partial charge in [0, 0.05) is 37.2 Å². The minimum Gasteiger partial charge on any atom is -0.490 e. The zero-order valence-corrected chi connectivity index (χ0v) is 16.8. The minimum absolute atomic E-state index is 0. The molecule has 2 heterocycles. The third kappa shape index (κ3) is 5.24. The molecule has 2 aliphatic rings. The number of benzene rings is 1. The molecule has 25 heavy (non-hydrogen) atoms. The maximum atomic E-state index is 6.02. The lowest BCUT2D eigenvalue weighted by atomic mass is 9.97. The second-order valence-electron chi connectivity index (χ2n) is 6.25. The Bertz CT molecular complexity index is 636. The number of aliphatic imine (C=N–C) groups is 1. The molecule has 0 bridgehead atoms. The van der Waals surface area contributed by atoms with Gasteiger partial charge < -0.3 is 25.3 Å². The first-order valence-electron chi connectivity index (χ1n) is 8.37. The van der Waals surface area contributed by atoms with E-state index >= 15 is 0 Å². The van der Waals surface area contributed by atoms with Crippen molar-refractivity contribution >= 4 is 35.6 Å². The lowest BCUT2D eigenvalue weighted by Crippen LogP contribution is -2.26. The average molecular weight is 459 g/mol. The number of hydrogen-bond acceptors (Lipinski definition) is 4. The van der Waals surface area contributed by atoms with E-state index in [0.29, 0.717) is 31.6 Å². The van der Waals surface area contributed by atoms with Crippen LogP contribution in [-0.2, 0) is 4.74 Å². The van der Waals surface area contributed by atoms with Gasteiger partial charge in [-0.05, 0) is 25.5 Å². The number of fused-ring (bicyclic) bond motifs is 1. The lowest BCUT2D eigenvalue weighted by molar-refractivity contribution is 0.120. The van der Waals surface area contributed by atoms with E-state index in [0.717, 1.165) is 42.2 Å². The van der Waals surface area contributed by atoms with Gasteiger partial charge >= 0.3 is 0 Å². The number of rotatable bonds is 4. The number of nitrogens with one attached hydrogen (secondary N) is 1. The Morgan fingerprint density at radius 3 is 2.80 bits per heavy atom. The highest BCUT2D eigenvalue weighted by Gasteiger charge is 2.28. The number of nitrogens with two attached hydrogens (primary N) is 1. The standard InChI is InChI=1S/C18H25N3O3.HI/c1-12(2)17-13(6-9-24-17)11-20-18(19)21-14-4-5-15-16(10-14)23-8-3-7-22-15;/h4-5,10,13,17H,1,3,6-9,11H2,2H3,(H3,19,20,21);1H. The van der Waals surface area contributed by atoms with Crippen LogP contribution >= 0.6 is 24.0 Å². The molecular weight excluding hydrogens is 433 g/mol. The number of anilines is 1. The molecule has 2 unspecified atom stereocenters. The maximum Gasteiger partial charge on any atom is 0.193 e. The van der Waals surface area contributed by atoms with Crippen LogP contribution in [0.3, 0.4) is 0 Å². The Labute approximate surface area is 165 Å². The van der Waals surface area contributed by atoms with Crippen molar-refractivity contribution in [1.82, 2.24) is 0 Å². The van der Waals surface area contributed by atoms with Crippen molar-refractivity contribution in [2.24, 2.45) is 16.6 Å². The molecule has 1 aromatic carbocycles. The molecule has 0 amide bonds. The summed E-state index contributed by atoms with van der Waals surface area (Å²) in [5.41, 5.74) is 7.89. The molecule has 6 nitrogen and oxygen atoms in total. The molecular formula is C18H26IN3O3. The summed E-state index contributed by atoms with van der Waals surface area (Å²) in [7, 11) is 0. The number of halogens is 1. The Balaban J connectivity index is 0.00000225. The molecule has 1 fully saturated rings. The molecule has 3 N–H and O–H groups in total. The highest BCUT2D eigenvalue weighted by molar-refractivity contribution is 14.0. The third-order valence-corrected chi connectivity index (χ3v) is 4.22. The van der Waals surface area contributed by atoms with E-state index in [1.54, 1.807) is 0 Å². The molecule has 1 saturated heterocycles. The first-order valence-corrected chi connectivity index (χ1v) is 8.37. The van der Waals surface area contributed by atoms with Crippen LogP contribution < -0.4 is 20.5 Å². The summed E-state index contributed by atoms with van der Waals surface area (Å²) < 4.78 is 17.0. The Kier molecular flexibility index (Phi) is 7.37. The molecule has 0 radical (unpaired) electrons. The largest absolute Gasteiger partial charge is 0.490 e. The Hall–Kier alpha value is -1.48. The van der Waals surface area contributed by atoms with Gasteiger partial charge in [-0.15, -0.1) is 24.0 Å². The summed E-state index contributed by atoms with van der Waals surface area (Å²) >= 11 is 0. The van der Waals surface area contributed by atoms with E-state index in [9.17, 15) is 0 Å². The third-order valence-electron chi connectivity index (χ3n) is 4.22. The molecule has 7 heteroatoms. The van der Waals surface area contributed by atoms with Crippen LogP contribution in [0.2, 0.25) is 0 Å². The SMILES string of the molecule is C=C(C)C1OCCC1CN=C(N)Nc1ccc2c(c1)OCCCO2.I. The highest BCUT2D eigenvalue weighted by Crippen LogP contribution is 2.32. The van der Waals surface area contributed by atoms with Gasteiger partial charge in [0.1, 0.15) is 0 Å². The quantitative estimate of drug-likeness (QED) is 0.313. The molecule has 0 spiro atoms. The van der Waals surface area contributed by atoms with Gasteiger partial charge in [-0.3, -0.25) is 4.99 Å². The van der Waals surface area contributed by atoms with Gasteiger partial charge in [-0.25, -0.2) is 0 Å². The molecule has 2 aliphatic heterocycles. The van der Waals surface area contributed by atoms with Gasteiger partial charge in [-0.1, -0.05) is 12.2 Å². The number of hydrogen-bond donors (Lipinski definition) is 2. The highest BCUT2D eigenvalue weighted by atomic mass is 127. The smallest absolute Gasteiger partial charge is 0.193 e. The number of nitrogens with zero attached hydrogens (tertiary/aromatic N) is 1. The van der Waals surface area contributed by atoms with Crippen LogP contribution in [0.5, 0.6) is 11.5 Å². The van der Waals surface area contributed by atoms with E-state index < -0.39 is 0 Å². The summed E-state index contributed by atoms with van der Waals surface area (Å²) in [6, 6.07) is 5.68. The van der Waals surface area contributed by atoms with Crippen LogP contribution in [0.15, 0.2) is 35.3 Å². The van der Waals surface area contributed by atoms with E-state index in [1.807, 2.05) is 25.1 Å². The van der Waals surface area contributed by atoms with Crippen LogP contribution in [0, 0.1) is 5.92 Å². The lowest BCUT2D eigenvalue weighted by Gasteiger charge is -2.17. The molecule has 0 aliphatic carbocycles. The summed E-state index contributed by atoms with van der Waals surface area (Å²) in [6.45, 7) is 8.69. The average Bonchev–Trinajstić information content (AvgIpc) is 2.91. The Morgan fingerprint density at radius 1 is 1.28 bits per heavy atom. The fraction of sp³-hybridized carbons (Fsp3) is 0.500. The van der Waals surface area contributed by atoms with E-state index in [-0.39, 0.29) is 30.1 Å². The van der Waals surface area contributed by atoms with Crippen molar-refractivity contribution in [3.8, 4) is 11.5 Å². The van der Waals surface area contributed by atoms with E-state index in [2.05, 4.69) is 16.9 Å². The van der Waals surface area contributed by atoms with E-state index in [1.165, 1.54) is 0 Å². The second-order valence-corrected chi connectivity index (χ2v) is 6.25. The first-order chi connectivity index (χ1) is 11.6. The van der Waals surface area contributed by atoms with Crippen molar-refractivity contribution in [3.63, 3.8) is 0 Å². The molecule has 0 aromatic heterocycles. The predicted molar refractivity (Wildman–Crippen MR) is 110 cm³/mol. The van der Waals surface area contributed by atoms with Gasteiger partial charge in [0.25, 0.3) is 0 Å². The second kappa shape index (κ2) is 9.28. The van der Waals surface area contributed by atoms with Crippen molar-refractivity contribution in [1.29, 1.82) is 0 Å². The normalized spacial score (nSPS) is 22.7. The molecule has 0 saturated carbocycles.